The van der Waals surface area contributed by atoms with Crippen molar-refractivity contribution in [2.75, 3.05) is 0 Å². The second-order valence-electron chi connectivity index (χ2n) is 5.29. The third-order valence-corrected chi connectivity index (χ3v) is 3.29. The average molecular weight is 238 g/mol. The Labute approximate surface area is 107 Å². The lowest BCUT2D eigenvalue weighted by molar-refractivity contribution is 0.436. The fourth-order valence-electron chi connectivity index (χ4n) is 1.79. The van der Waals surface area contributed by atoms with Gasteiger partial charge < -0.3 is 5.73 Å². The van der Waals surface area contributed by atoms with E-state index in [0.717, 1.165) is 11.5 Å². The minimum absolute atomic E-state index is 0.453. The van der Waals surface area contributed by atoms with Gasteiger partial charge in [0, 0.05) is 6.21 Å². The van der Waals surface area contributed by atoms with E-state index in [1.54, 1.807) is 6.20 Å². The number of aliphatic imine (C=N–C) groups is 1. The van der Waals surface area contributed by atoms with Gasteiger partial charge in [0.1, 0.15) is 0 Å². The molecule has 0 amide bonds. The van der Waals surface area contributed by atoms with Gasteiger partial charge in [-0.15, -0.1) is 0 Å². The van der Waals surface area contributed by atoms with E-state index in [1.165, 1.54) is 25.7 Å². The van der Waals surface area contributed by atoms with E-state index in [1.807, 2.05) is 6.21 Å². The number of nitrogens with zero attached hydrogens (tertiary/aromatic N) is 1. The van der Waals surface area contributed by atoms with Crippen LogP contribution in [0.1, 0.15) is 60.3 Å². The largest absolute Gasteiger partial charge is 0.404 e. The van der Waals surface area contributed by atoms with Crippen LogP contribution < -0.4 is 5.73 Å². The molecule has 0 rings (SSSR count). The summed E-state index contributed by atoms with van der Waals surface area (Å²) in [5, 5.41) is 0. The van der Waals surface area contributed by atoms with Crippen molar-refractivity contribution >= 4 is 6.21 Å². The maximum atomic E-state index is 5.61. The van der Waals surface area contributed by atoms with E-state index in [0.29, 0.717) is 12.0 Å². The second-order valence-corrected chi connectivity index (χ2v) is 5.29. The Bertz CT molecular complexity index is 241. The molecule has 0 fully saturated rings. The normalized spacial score (nSPS) is 16.7. The Hall–Kier alpha value is -0.790. The van der Waals surface area contributed by atoms with Crippen LogP contribution in [-0.2, 0) is 0 Å². The maximum Gasteiger partial charge on any atom is 0.0502 e. The topological polar surface area (TPSA) is 38.4 Å². The summed E-state index contributed by atoms with van der Waals surface area (Å²) in [5.41, 5.74) is 6.74. The van der Waals surface area contributed by atoms with Crippen molar-refractivity contribution in [2.45, 2.75) is 66.3 Å². The molecule has 2 heteroatoms. The summed E-state index contributed by atoms with van der Waals surface area (Å²) in [5.74, 6) is 1.21. The van der Waals surface area contributed by atoms with Crippen molar-refractivity contribution in [3.8, 4) is 0 Å². The number of nitrogens with two attached hydrogens (primary N) is 1. The van der Waals surface area contributed by atoms with Crippen LogP contribution >= 0.6 is 0 Å². The molecule has 0 aromatic heterocycles. The zero-order chi connectivity index (χ0) is 13.3. The fraction of sp³-hybridized carbons (Fsp3) is 0.800. The monoisotopic (exact) mass is 238 g/mol. The lowest BCUT2D eigenvalue weighted by atomic mass is 9.97. The average Bonchev–Trinajstić information content (AvgIpc) is 2.29. The first-order chi connectivity index (χ1) is 8.04. The van der Waals surface area contributed by atoms with Gasteiger partial charge in [-0.1, -0.05) is 47.5 Å². The molecular weight excluding hydrogens is 208 g/mol. The highest BCUT2D eigenvalue weighted by Crippen LogP contribution is 2.17. The molecule has 17 heavy (non-hydrogen) atoms. The third kappa shape index (κ3) is 7.19. The van der Waals surface area contributed by atoms with Gasteiger partial charge in [-0.25, -0.2) is 0 Å². The molecule has 0 saturated heterocycles. The summed E-state index contributed by atoms with van der Waals surface area (Å²) in [6, 6.07) is 0.462. The molecule has 2 N–H and O–H groups in total. The minimum atomic E-state index is 0.453. The van der Waals surface area contributed by atoms with Crippen LogP contribution in [-0.4, -0.2) is 12.3 Å². The lowest BCUT2D eigenvalue weighted by Gasteiger charge is -2.16. The Morgan fingerprint density at radius 1 is 1.24 bits per heavy atom. The van der Waals surface area contributed by atoms with Crippen molar-refractivity contribution in [2.24, 2.45) is 22.6 Å². The molecule has 0 aliphatic heterocycles. The van der Waals surface area contributed by atoms with Crippen LogP contribution in [0.25, 0.3) is 0 Å². The minimum Gasteiger partial charge on any atom is -0.404 e. The summed E-state index contributed by atoms with van der Waals surface area (Å²) >= 11 is 0. The number of allylic oxidation sites excluding steroid dienone is 1. The first-order valence-electron chi connectivity index (χ1n) is 7.00. The van der Waals surface area contributed by atoms with E-state index >= 15 is 0 Å². The van der Waals surface area contributed by atoms with Crippen molar-refractivity contribution in [1.29, 1.82) is 0 Å². The summed E-state index contributed by atoms with van der Waals surface area (Å²) < 4.78 is 0. The molecule has 2 unspecified atom stereocenters. The van der Waals surface area contributed by atoms with Crippen LogP contribution in [0.5, 0.6) is 0 Å². The van der Waals surface area contributed by atoms with Gasteiger partial charge in [0.25, 0.3) is 0 Å². The number of hydrogen-bond donors (Lipinski definition) is 1. The molecule has 2 nitrogen and oxygen atoms in total. The van der Waals surface area contributed by atoms with Crippen molar-refractivity contribution in [1.82, 2.24) is 0 Å². The highest BCUT2D eigenvalue weighted by atomic mass is 14.8. The van der Waals surface area contributed by atoms with Crippen molar-refractivity contribution < 1.29 is 0 Å². The van der Waals surface area contributed by atoms with Crippen LogP contribution in [0.2, 0.25) is 0 Å². The number of rotatable bonds is 8. The lowest BCUT2D eigenvalue weighted by Crippen LogP contribution is -2.11. The summed E-state index contributed by atoms with van der Waals surface area (Å²) in [6.45, 7) is 11.1. The van der Waals surface area contributed by atoms with Gasteiger partial charge in [0.15, 0.2) is 0 Å². The predicted molar refractivity (Wildman–Crippen MR) is 78.4 cm³/mol. The summed E-state index contributed by atoms with van der Waals surface area (Å²) in [4.78, 5) is 4.72. The van der Waals surface area contributed by atoms with Gasteiger partial charge in [0.05, 0.1) is 6.04 Å². The smallest absolute Gasteiger partial charge is 0.0502 e. The predicted octanol–water partition coefficient (Wildman–Crippen LogP) is 4.16. The molecule has 0 aromatic carbocycles. The number of hydrogen-bond acceptors (Lipinski definition) is 2. The Morgan fingerprint density at radius 2 is 1.88 bits per heavy atom. The first-order valence-corrected chi connectivity index (χ1v) is 7.00. The fourth-order valence-corrected chi connectivity index (χ4v) is 1.79. The van der Waals surface area contributed by atoms with E-state index in [9.17, 15) is 0 Å². The molecule has 0 heterocycles. The Balaban J connectivity index is 4.46. The van der Waals surface area contributed by atoms with Crippen molar-refractivity contribution in [3.05, 3.63) is 11.8 Å². The quantitative estimate of drug-likeness (QED) is 0.633. The standard InChI is InChI=1S/C15H30N2/c1-6-8-15(9-13(5)7-2)17-11-14(10-16)12(3)4/h10-13,15H,6-9,16H2,1-5H3/b14-10+,17-11?. The summed E-state index contributed by atoms with van der Waals surface area (Å²) in [6.07, 6.45) is 8.46. The van der Waals surface area contributed by atoms with Crippen LogP contribution in [0.15, 0.2) is 16.8 Å². The highest BCUT2D eigenvalue weighted by molar-refractivity contribution is 5.78. The zero-order valence-electron chi connectivity index (χ0n) is 12.2. The Kier molecular flexibility index (Phi) is 8.83. The molecule has 0 bridgehead atoms. The second kappa shape index (κ2) is 9.26. The summed E-state index contributed by atoms with van der Waals surface area (Å²) in [7, 11) is 0. The molecule has 2 atom stereocenters. The van der Waals surface area contributed by atoms with Crippen LogP contribution in [0.4, 0.5) is 0 Å². The van der Waals surface area contributed by atoms with Gasteiger partial charge >= 0.3 is 0 Å². The van der Waals surface area contributed by atoms with Gasteiger partial charge in [-0.2, -0.15) is 0 Å². The van der Waals surface area contributed by atoms with Gasteiger partial charge in [-0.05, 0) is 36.5 Å². The van der Waals surface area contributed by atoms with E-state index in [2.05, 4.69) is 34.6 Å². The highest BCUT2D eigenvalue weighted by Gasteiger charge is 2.10. The van der Waals surface area contributed by atoms with Crippen LogP contribution in [0, 0.1) is 11.8 Å². The molecule has 0 radical (unpaired) electrons. The van der Waals surface area contributed by atoms with E-state index in [4.69, 9.17) is 10.7 Å². The molecule has 0 saturated carbocycles. The van der Waals surface area contributed by atoms with E-state index < -0.39 is 0 Å². The van der Waals surface area contributed by atoms with Crippen LogP contribution in [0.3, 0.4) is 0 Å². The molecule has 0 aromatic rings. The molecule has 0 aliphatic rings. The molecule has 0 spiro atoms. The molecular formula is C15H30N2. The Morgan fingerprint density at radius 3 is 2.29 bits per heavy atom. The third-order valence-electron chi connectivity index (χ3n) is 3.29. The van der Waals surface area contributed by atoms with Gasteiger partial charge in [0.2, 0.25) is 0 Å². The molecule has 100 valence electrons. The van der Waals surface area contributed by atoms with Crippen molar-refractivity contribution in [3.63, 3.8) is 0 Å². The molecule has 0 aliphatic carbocycles. The SMILES string of the molecule is CCCC(CC(C)CC)N=C/C(=C\N)C(C)C. The van der Waals surface area contributed by atoms with E-state index in [-0.39, 0.29) is 0 Å². The zero-order valence-corrected chi connectivity index (χ0v) is 12.2. The van der Waals surface area contributed by atoms with Gasteiger partial charge in [-0.3, -0.25) is 4.99 Å². The maximum absolute atomic E-state index is 5.61. The first kappa shape index (κ1) is 16.2.